The second kappa shape index (κ2) is 7.11. The topological polar surface area (TPSA) is 153 Å². The van der Waals surface area contributed by atoms with Crippen LogP contribution in [0.2, 0.25) is 0 Å². The summed E-state index contributed by atoms with van der Waals surface area (Å²) in [6.07, 6.45) is 0.979. The summed E-state index contributed by atoms with van der Waals surface area (Å²) in [7, 11) is 1.22. The fraction of sp³-hybridized carbons (Fsp3) is 0.429. The molecule has 1 atom stereocenters. The van der Waals surface area contributed by atoms with Crippen LogP contribution in [0.1, 0.15) is 23.2 Å². The average Bonchev–Trinajstić information content (AvgIpc) is 2.59. The second-order valence-electron chi connectivity index (χ2n) is 5.49. The molecule has 1 fully saturated rings. The van der Waals surface area contributed by atoms with Gasteiger partial charge in [0.1, 0.15) is 0 Å². The molecule has 1 aromatic carbocycles. The van der Waals surface area contributed by atoms with E-state index in [9.17, 15) is 29.8 Å². The highest BCUT2D eigenvalue weighted by Gasteiger charge is 2.36. The highest BCUT2D eigenvalue weighted by molar-refractivity contribution is 5.92. The van der Waals surface area contributed by atoms with E-state index < -0.39 is 44.6 Å². The molecule has 1 unspecified atom stereocenters. The van der Waals surface area contributed by atoms with Crippen molar-refractivity contribution < 1.29 is 29.3 Å². The Hall–Kier alpha value is -3.24. The minimum atomic E-state index is -1.51. The van der Waals surface area contributed by atoms with Crippen molar-refractivity contribution in [3.8, 4) is 0 Å². The highest BCUT2D eigenvalue weighted by atomic mass is 16.6. The molecular weight excluding hydrogens is 338 g/mol. The van der Waals surface area contributed by atoms with Crippen molar-refractivity contribution in [3.63, 3.8) is 0 Å². The van der Waals surface area contributed by atoms with E-state index in [2.05, 4.69) is 4.74 Å². The Labute approximate surface area is 141 Å². The summed E-state index contributed by atoms with van der Waals surface area (Å²) in [5, 5.41) is 31.7. The zero-order valence-corrected chi connectivity index (χ0v) is 13.2. The standard InChI is InChI=1S/C14H15N3O8/c1-25-14(20)8-3-2-4-15(7-8)12-10(16(21)22)5-9(13(18)19)6-11(12)17(23)24/h5-6,8H,2-4,7H2,1H3,(H,18,19). The lowest BCUT2D eigenvalue weighted by Gasteiger charge is -2.32. The Morgan fingerprint density at radius 3 is 2.24 bits per heavy atom. The normalized spacial score (nSPS) is 17.0. The first-order chi connectivity index (χ1) is 11.8. The molecule has 11 heteroatoms. The predicted octanol–water partition coefficient (Wildman–Crippen LogP) is 1.59. The van der Waals surface area contributed by atoms with E-state index in [-0.39, 0.29) is 18.8 Å². The van der Waals surface area contributed by atoms with Crippen LogP contribution >= 0.6 is 0 Å². The Kier molecular flexibility index (Phi) is 5.15. The summed E-state index contributed by atoms with van der Waals surface area (Å²) in [4.78, 5) is 45.2. The van der Waals surface area contributed by atoms with Gasteiger partial charge in [-0.1, -0.05) is 0 Å². The lowest BCUT2D eigenvalue weighted by atomic mass is 9.97. The minimum Gasteiger partial charge on any atom is -0.478 e. The first-order valence-electron chi connectivity index (χ1n) is 7.29. The molecule has 0 aromatic heterocycles. The number of carbonyl (C=O) groups excluding carboxylic acids is 1. The van der Waals surface area contributed by atoms with Crippen molar-refractivity contribution in [2.45, 2.75) is 12.8 Å². The maximum Gasteiger partial charge on any atom is 0.336 e. The first kappa shape index (κ1) is 18.1. The van der Waals surface area contributed by atoms with Gasteiger partial charge in [-0.15, -0.1) is 0 Å². The lowest BCUT2D eigenvalue weighted by molar-refractivity contribution is -0.392. The number of hydrogen-bond donors (Lipinski definition) is 1. The van der Waals surface area contributed by atoms with Gasteiger partial charge >= 0.3 is 23.3 Å². The molecule has 1 aliphatic heterocycles. The number of carbonyl (C=O) groups is 2. The maximum atomic E-state index is 11.7. The van der Waals surface area contributed by atoms with E-state index in [1.807, 2.05) is 0 Å². The summed E-state index contributed by atoms with van der Waals surface area (Å²) in [6, 6.07) is 1.57. The molecule has 11 nitrogen and oxygen atoms in total. The molecule has 0 saturated carbocycles. The number of methoxy groups -OCH3 is 1. The molecule has 2 rings (SSSR count). The number of ether oxygens (including phenoxy) is 1. The number of benzene rings is 1. The zero-order valence-electron chi connectivity index (χ0n) is 13.2. The van der Waals surface area contributed by atoms with Gasteiger partial charge < -0.3 is 14.7 Å². The van der Waals surface area contributed by atoms with Crippen molar-refractivity contribution in [1.82, 2.24) is 0 Å². The minimum absolute atomic E-state index is 0.0147. The average molecular weight is 353 g/mol. The highest BCUT2D eigenvalue weighted by Crippen LogP contribution is 2.40. The van der Waals surface area contributed by atoms with Gasteiger partial charge in [-0.3, -0.25) is 25.0 Å². The molecule has 1 aromatic rings. The molecule has 0 radical (unpaired) electrons. The number of piperidine rings is 1. The van der Waals surface area contributed by atoms with E-state index in [1.165, 1.54) is 12.0 Å². The molecule has 0 amide bonds. The number of aromatic carboxylic acids is 1. The van der Waals surface area contributed by atoms with Crippen LogP contribution in [0.4, 0.5) is 17.1 Å². The van der Waals surface area contributed by atoms with Gasteiger partial charge in [-0.05, 0) is 12.8 Å². The largest absolute Gasteiger partial charge is 0.478 e. The number of carboxylic acids is 1. The number of esters is 1. The van der Waals surface area contributed by atoms with Crippen LogP contribution < -0.4 is 4.90 Å². The number of hydrogen-bond acceptors (Lipinski definition) is 8. The Balaban J connectivity index is 2.58. The molecule has 1 N–H and O–H groups in total. The number of carboxylic acid groups (broad SMARTS) is 1. The quantitative estimate of drug-likeness (QED) is 0.472. The Morgan fingerprint density at radius 2 is 1.80 bits per heavy atom. The van der Waals surface area contributed by atoms with Crippen LogP contribution in [-0.4, -0.2) is 47.1 Å². The van der Waals surface area contributed by atoms with E-state index in [0.29, 0.717) is 12.8 Å². The molecule has 25 heavy (non-hydrogen) atoms. The van der Waals surface area contributed by atoms with Crippen molar-refractivity contribution >= 4 is 29.0 Å². The summed E-state index contributed by atoms with van der Waals surface area (Å²) >= 11 is 0. The van der Waals surface area contributed by atoms with Gasteiger partial charge in [0.05, 0.1) is 28.4 Å². The van der Waals surface area contributed by atoms with Crippen LogP contribution in [0, 0.1) is 26.1 Å². The third-order valence-electron chi connectivity index (χ3n) is 3.98. The van der Waals surface area contributed by atoms with Gasteiger partial charge in [0, 0.05) is 25.2 Å². The van der Waals surface area contributed by atoms with E-state index in [0.717, 1.165) is 12.1 Å². The molecule has 134 valence electrons. The monoisotopic (exact) mass is 353 g/mol. The smallest absolute Gasteiger partial charge is 0.336 e. The van der Waals surface area contributed by atoms with Gasteiger partial charge in [0.2, 0.25) is 0 Å². The third kappa shape index (κ3) is 3.65. The van der Waals surface area contributed by atoms with Crippen LogP contribution in [0.15, 0.2) is 12.1 Å². The Morgan fingerprint density at radius 1 is 1.24 bits per heavy atom. The molecular formula is C14H15N3O8. The van der Waals surface area contributed by atoms with Crippen molar-refractivity contribution in [2.24, 2.45) is 5.92 Å². The molecule has 0 spiro atoms. The van der Waals surface area contributed by atoms with Gasteiger partial charge in [-0.25, -0.2) is 4.79 Å². The van der Waals surface area contributed by atoms with Crippen molar-refractivity contribution in [1.29, 1.82) is 0 Å². The van der Waals surface area contributed by atoms with Gasteiger partial charge in [0.25, 0.3) is 0 Å². The van der Waals surface area contributed by atoms with Crippen LogP contribution in [-0.2, 0) is 9.53 Å². The molecule has 1 aliphatic rings. The SMILES string of the molecule is COC(=O)C1CCCN(c2c([N+](=O)[O-])cc(C(=O)O)cc2[N+](=O)[O-])C1. The number of nitrogens with zero attached hydrogens (tertiary/aromatic N) is 3. The third-order valence-corrected chi connectivity index (χ3v) is 3.98. The molecule has 1 saturated heterocycles. The summed E-state index contributed by atoms with van der Waals surface area (Å²) in [5.74, 6) is -2.59. The van der Waals surface area contributed by atoms with Crippen LogP contribution in [0.3, 0.4) is 0 Å². The van der Waals surface area contributed by atoms with Crippen molar-refractivity contribution in [2.75, 3.05) is 25.1 Å². The van der Waals surface area contributed by atoms with Gasteiger partial charge in [0.15, 0.2) is 5.69 Å². The van der Waals surface area contributed by atoms with Crippen LogP contribution in [0.25, 0.3) is 0 Å². The fourth-order valence-electron chi connectivity index (χ4n) is 2.87. The molecule has 0 bridgehead atoms. The number of rotatable bonds is 5. The number of nitro groups is 2. The van der Waals surface area contributed by atoms with Crippen molar-refractivity contribution in [3.05, 3.63) is 37.9 Å². The van der Waals surface area contributed by atoms with E-state index in [1.54, 1.807) is 0 Å². The predicted molar refractivity (Wildman–Crippen MR) is 83.7 cm³/mol. The lowest BCUT2D eigenvalue weighted by Crippen LogP contribution is -2.39. The van der Waals surface area contributed by atoms with Crippen LogP contribution in [0.5, 0.6) is 0 Å². The fourth-order valence-corrected chi connectivity index (χ4v) is 2.87. The number of nitro benzene ring substituents is 2. The molecule has 0 aliphatic carbocycles. The zero-order chi connectivity index (χ0) is 18.7. The summed E-state index contributed by atoms with van der Waals surface area (Å²) in [5.41, 5.74) is -2.22. The van der Waals surface area contributed by atoms with E-state index >= 15 is 0 Å². The molecule has 1 heterocycles. The van der Waals surface area contributed by atoms with E-state index in [4.69, 9.17) is 5.11 Å². The first-order valence-corrected chi connectivity index (χ1v) is 7.29. The second-order valence-corrected chi connectivity index (χ2v) is 5.49. The summed E-state index contributed by atoms with van der Waals surface area (Å²) in [6.45, 7) is 0.280. The maximum absolute atomic E-state index is 11.7. The van der Waals surface area contributed by atoms with Gasteiger partial charge in [-0.2, -0.15) is 0 Å². The Bertz CT molecular complexity index is 713. The summed E-state index contributed by atoms with van der Waals surface area (Å²) < 4.78 is 4.67. The number of anilines is 1.